The van der Waals surface area contributed by atoms with Crippen LogP contribution in [0.25, 0.3) is 0 Å². The lowest BCUT2D eigenvalue weighted by Gasteiger charge is -2.56. The molecule has 1 aromatic carbocycles. The second-order valence-corrected chi connectivity index (χ2v) is 11.4. The fourth-order valence-corrected chi connectivity index (χ4v) is 8.15. The molecule has 33 heavy (non-hydrogen) atoms. The number of amides is 2. The highest BCUT2D eigenvalue weighted by Gasteiger charge is 2.57. The summed E-state index contributed by atoms with van der Waals surface area (Å²) in [6, 6.07) is 7.88. The fourth-order valence-electron chi connectivity index (χ4n) is 8.15. The zero-order valence-corrected chi connectivity index (χ0v) is 19.9. The van der Waals surface area contributed by atoms with Gasteiger partial charge >= 0.3 is 0 Å². The number of carbonyl (C=O) groups excluding carboxylic acids is 2. The molecular weight excluding hydrogens is 414 g/mol. The molecule has 1 atom stereocenters. The molecule has 2 heterocycles. The van der Waals surface area contributed by atoms with Crippen LogP contribution in [0.4, 0.5) is 5.69 Å². The molecule has 0 spiro atoms. The molecule has 6 fully saturated rings. The van der Waals surface area contributed by atoms with Crippen molar-refractivity contribution in [2.75, 3.05) is 44.7 Å². The van der Waals surface area contributed by atoms with Crippen LogP contribution in [0.15, 0.2) is 24.3 Å². The third kappa shape index (κ3) is 3.70. The van der Waals surface area contributed by atoms with E-state index < -0.39 is 0 Å². The summed E-state index contributed by atoms with van der Waals surface area (Å²) >= 11 is 0. The third-order valence-corrected chi connectivity index (χ3v) is 9.30. The molecule has 4 bridgehead atoms. The van der Waals surface area contributed by atoms with Crippen LogP contribution in [0, 0.1) is 23.2 Å². The third-order valence-electron chi connectivity index (χ3n) is 9.30. The first-order valence-electron chi connectivity index (χ1n) is 13.0. The van der Waals surface area contributed by atoms with Gasteiger partial charge in [0.25, 0.3) is 0 Å². The van der Waals surface area contributed by atoms with E-state index in [1.165, 1.54) is 19.3 Å². The summed E-state index contributed by atoms with van der Waals surface area (Å²) in [4.78, 5) is 33.9. The van der Waals surface area contributed by atoms with Gasteiger partial charge < -0.3 is 19.4 Å². The summed E-state index contributed by atoms with van der Waals surface area (Å²) in [6.45, 7) is 3.82. The number of rotatable bonds is 4. The molecule has 0 aromatic heterocycles. The number of piperazine rings is 1. The summed E-state index contributed by atoms with van der Waals surface area (Å²) < 4.78 is 5.37. The number of hydrogen-bond acceptors (Lipinski definition) is 4. The Kier molecular flexibility index (Phi) is 5.30. The maximum Gasteiger partial charge on any atom is 0.245 e. The SMILES string of the molecule is COc1cccc(N2CCN(C(=O)C3CCCN3C(=O)C34CC5CC(CC(C5)C3)C4)CC2)c1. The van der Waals surface area contributed by atoms with E-state index >= 15 is 0 Å². The van der Waals surface area contributed by atoms with Crippen molar-refractivity contribution in [1.82, 2.24) is 9.80 Å². The average Bonchev–Trinajstić information content (AvgIpc) is 3.32. The Morgan fingerprint density at radius 1 is 0.939 bits per heavy atom. The van der Waals surface area contributed by atoms with Crippen LogP contribution in [0.2, 0.25) is 0 Å². The van der Waals surface area contributed by atoms with Gasteiger partial charge in [-0.3, -0.25) is 9.59 Å². The van der Waals surface area contributed by atoms with Crippen LogP contribution >= 0.6 is 0 Å². The van der Waals surface area contributed by atoms with Gasteiger partial charge in [-0.25, -0.2) is 0 Å². The molecule has 1 unspecified atom stereocenters. The maximum atomic E-state index is 13.9. The Morgan fingerprint density at radius 2 is 1.61 bits per heavy atom. The van der Waals surface area contributed by atoms with Crippen molar-refractivity contribution in [3.63, 3.8) is 0 Å². The Bertz CT molecular complexity index is 888. The summed E-state index contributed by atoms with van der Waals surface area (Å²) in [5, 5.41) is 0. The van der Waals surface area contributed by atoms with E-state index in [1.807, 2.05) is 21.9 Å². The highest BCUT2D eigenvalue weighted by atomic mass is 16.5. The minimum absolute atomic E-state index is 0.150. The zero-order chi connectivity index (χ0) is 22.6. The van der Waals surface area contributed by atoms with Crippen molar-refractivity contribution >= 4 is 17.5 Å². The lowest BCUT2D eigenvalue weighted by atomic mass is 9.49. The van der Waals surface area contributed by atoms with Gasteiger partial charge in [-0.1, -0.05) is 6.07 Å². The van der Waals surface area contributed by atoms with Crippen molar-refractivity contribution in [3.05, 3.63) is 24.3 Å². The standard InChI is InChI=1S/C27H37N3O3/c1-33-23-5-2-4-22(15-23)28-8-10-29(11-9-28)25(31)24-6-3-7-30(24)26(32)27-16-19-12-20(17-27)14-21(13-19)18-27/h2,4-5,15,19-21,24H,3,6-14,16-18H2,1H3. The smallest absolute Gasteiger partial charge is 0.245 e. The van der Waals surface area contributed by atoms with Crippen molar-refractivity contribution in [1.29, 1.82) is 0 Å². The minimum Gasteiger partial charge on any atom is -0.497 e. The molecule has 6 aliphatic rings. The van der Waals surface area contributed by atoms with Crippen molar-refractivity contribution in [2.45, 2.75) is 57.4 Å². The first kappa shape index (κ1) is 21.3. The van der Waals surface area contributed by atoms with Crippen molar-refractivity contribution < 1.29 is 14.3 Å². The highest BCUT2D eigenvalue weighted by Crippen LogP contribution is 2.60. The Balaban J connectivity index is 1.12. The van der Waals surface area contributed by atoms with E-state index in [-0.39, 0.29) is 17.4 Å². The lowest BCUT2D eigenvalue weighted by Crippen LogP contribution is -2.59. The van der Waals surface area contributed by atoms with E-state index in [2.05, 4.69) is 17.0 Å². The second-order valence-electron chi connectivity index (χ2n) is 11.4. The van der Waals surface area contributed by atoms with Crippen LogP contribution in [0.3, 0.4) is 0 Å². The van der Waals surface area contributed by atoms with Gasteiger partial charge in [0.1, 0.15) is 11.8 Å². The number of carbonyl (C=O) groups is 2. The van der Waals surface area contributed by atoms with Crippen molar-refractivity contribution in [3.8, 4) is 5.75 Å². The van der Waals surface area contributed by atoms with Crippen LogP contribution < -0.4 is 9.64 Å². The van der Waals surface area contributed by atoms with Crippen LogP contribution in [0.1, 0.15) is 51.4 Å². The fraction of sp³-hybridized carbons (Fsp3) is 0.704. The van der Waals surface area contributed by atoms with Gasteiger partial charge in [0.2, 0.25) is 11.8 Å². The van der Waals surface area contributed by atoms with E-state index in [4.69, 9.17) is 4.74 Å². The molecule has 7 rings (SSSR count). The van der Waals surface area contributed by atoms with Gasteiger partial charge in [-0.05, 0) is 81.3 Å². The number of hydrogen-bond donors (Lipinski definition) is 0. The number of anilines is 1. The Hall–Kier alpha value is -2.24. The summed E-state index contributed by atoms with van der Waals surface area (Å²) in [5.74, 6) is 3.61. The molecule has 2 aliphatic heterocycles. The van der Waals surface area contributed by atoms with E-state index in [0.29, 0.717) is 19.0 Å². The zero-order valence-electron chi connectivity index (χ0n) is 19.9. The summed E-state index contributed by atoms with van der Waals surface area (Å²) in [6.07, 6.45) is 9.04. The Labute approximate surface area is 197 Å². The first-order chi connectivity index (χ1) is 16.0. The monoisotopic (exact) mass is 451 g/mol. The van der Waals surface area contributed by atoms with Crippen LogP contribution in [0.5, 0.6) is 5.75 Å². The molecule has 2 saturated heterocycles. The van der Waals surface area contributed by atoms with Gasteiger partial charge in [0.05, 0.1) is 12.5 Å². The molecule has 6 nitrogen and oxygen atoms in total. The molecule has 178 valence electrons. The molecule has 1 aromatic rings. The average molecular weight is 452 g/mol. The first-order valence-corrected chi connectivity index (χ1v) is 13.0. The number of likely N-dealkylation sites (tertiary alicyclic amines) is 1. The largest absolute Gasteiger partial charge is 0.497 e. The summed E-state index contributed by atoms with van der Waals surface area (Å²) in [7, 11) is 1.69. The molecule has 0 radical (unpaired) electrons. The number of benzene rings is 1. The predicted octanol–water partition coefficient (Wildman–Crippen LogP) is 3.55. The van der Waals surface area contributed by atoms with Crippen molar-refractivity contribution in [2.24, 2.45) is 23.2 Å². The van der Waals surface area contributed by atoms with Gasteiger partial charge in [0, 0.05) is 44.5 Å². The lowest BCUT2D eigenvalue weighted by molar-refractivity contribution is -0.162. The Morgan fingerprint density at radius 3 is 2.24 bits per heavy atom. The minimum atomic E-state index is -0.242. The quantitative estimate of drug-likeness (QED) is 0.703. The highest BCUT2D eigenvalue weighted by molar-refractivity contribution is 5.91. The molecule has 4 aliphatic carbocycles. The number of ether oxygens (including phenoxy) is 1. The van der Waals surface area contributed by atoms with E-state index in [9.17, 15) is 9.59 Å². The molecule has 0 N–H and O–H groups in total. The number of nitrogens with zero attached hydrogens (tertiary/aromatic N) is 3. The number of methoxy groups -OCH3 is 1. The topological polar surface area (TPSA) is 53.1 Å². The molecule has 6 heteroatoms. The van der Waals surface area contributed by atoms with Crippen LogP contribution in [-0.2, 0) is 9.59 Å². The van der Waals surface area contributed by atoms with Gasteiger partial charge in [-0.2, -0.15) is 0 Å². The molecule has 4 saturated carbocycles. The molecular formula is C27H37N3O3. The summed E-state index contributed by atoms with van der Waals surface area (Å²) in [5.41, 5.74) is 0.990. The molecule has 2 amide bonds. The van der Waals surface area contributed by atoms with E-state index in [0.717, 1.165) is 80.9 Å². The predicted molar refractivity (Wildman–Crippen MR) is 127 cm³/mol. The van der Waals surface area contributed by atoms with Gasteiger partial charge in [0.15, 0.2) is 0 Å². The normalized spacial score (nSPS) is 35.2. The van der Waals surface area contributed by atoms with Crippen LogP contribution in [-0.4, -0.2) is 67.5 Å². The van der Waals surface area contributed by atoms with Gasteiger partial charge in [-0.15, -0.1) is 0 Å². The maximum absolute atomic E-state index is 13.9. The second kappa shape index (κ2) is 8.21. The van der Waals surface area contributed by atoms with E-state index in [1.54, 1.807) is 7.11 Å².